The number of amides is 1. The lowest BCUT2D eigenvalue weighted by Gasteiger charge is -2.55. The maximum atomic E-state index is 12.6. The number of amidine groups is 1. The molecule has 5 fully saturated rings. The molecule has 1 unspecified atom stereocenters. The highest BCUT2D eigenvalue weighted by Crippen LogP contribution is 2.57. The van der Waals surface area contributed by atoms with Crippen LogP contribution in [0.3, 0.4) is 0 Å². The molecule has 1 aromatic carbocycles. The largest absolute Gasteiger partial charge is 0.497 e. The van der Waals surface area contributed by atoms with E-state index in [9.17, 15) is 4.79 Å². The van der Waals surface area contributed by atoms with Gasteiger partial charge in [-0.05, 0) is 80.5 Å². The van der Waals surface area contributed by atoms with Gasteiger partial charge in [0.15, 0.2) is 5.17 Å². The fourth-order valence-corrected chi connectivity index (χ4v) is 7.81. The number of carbonyl (C=O) groups is 1. The van der Waals surface area contributed by atoms with Crippen molar-refractivity contribution in [1.29, 1.82) is 0 Å². The highest BCUT2D eigenvalue weighted by atomic mass is 32.2. The second-order valence-corrected chi connectivity index (χ2v) is 10.5. The summed E-state index contributed by atoms with van der Waals surface area (Å²) in [4.78, 5) is 22.1. The van der Waals surface area contributed by atoms with E-state index in [-0.39, 0.29) is 17.6 Å². The first-order valence-electron chi connectivity index (χ1n) is 10.9. The molecule has 5 nitrogen and oxygen atoms in total. The van der Waals surface area contributed by atoms with Crippen LogP contribution in [-0.4, -0.2) is 47.6 Å². The first kappa shape index (κ1) is 19.3. The van der Waals surface area contributed by atoms with Gasteiger partial charge in [0.05, 0.1) is 12.6 Å². The summed E-state index contributed by atoms with van der Waals surface area (Å²) in [5.41, 5.74) is 1.08. The Bertz CT molecular complexity index is 787. The van der Waals surface area contributed by atoms with E-state index in [1.807, 2.05) is 40.9 Å². The number of carbonyl (C=O) groups excluding carboxylic acids is 1. The Kier molecular flexibility index (Phi) is 4.80. The Labute approximate surface area is 177 Å². The third-order valence-corrected chi connectivity index (χ3v) is 8.54. The van der Waals surface area contributed by atoms with Gasteiger partial charge in [0.1, 0.15) is 11.9 Å². The van der Waals surface area contributed by atoms with Gasteiger partial charge in [-0.15, -0.1) is 0 Å². The number of aliphatic imine (C=N–C) groups is 1. The predicted molar refractivity (Wildman–Crippen MR) is 119 cm³/mol. The maximum absolute atomic E-state index is 12.6. The number of thioether (sulfide) groups is 1. The molecule has 0 aromatic heterocycles. The van der Waals surface area contributed by atoms with Crippen molar-refractivity contribution >= 4 is 28.5 Å². The first-order chi connectivity index (χ1) is 14.0. The van der Waals surface area contributed by atoms with Crippen LogP contribution < -0.4 is 9.64 Å². The Morgan fingerprint density at radius 3 is 2.24 bits per heavy atom. The number of hydrogen-bond donors (Lipinski definition) is 0. The third kappa shape index (κ3) is 3.43. The topological polar surface area (TPSA) is 45.1 Å². The smallest absolute Gasteiger partial charge is 0.225 e. The second kappa shape index (κ2) is 7.22. The number of nitrogens with zero attached hydrogens (tertiary/aromatic N) is 3. The van der Waals surface area contributed by atoms with Crippen LogP contribution in [0.25, 0.3) is 0 Å². The fourth-order valence-electron chi connectivity index (χ4n) is 6.56. The molecule has 1 saturated heterocycles. The van der Waals surface area contributed by atoms with Crippen molar-refractivity contribution in [2.75, 3.05) is 24.8 Å². The van der Waals surface area contributed by atoms with E-state index < -0.39 is 0 Å². The molecule has 6 rings (SSSR count). The third-order valence-electron chi connectivity index (χ3n) is 7.44. The zero-order chi connectivity index (χ0) is 20.2. The van der Waals surface area contributed by atoms with Gasteiger partial charge in [-0.2, -0.15) is 0 Å². The first-order valence-corrected chi connectivity index (χ1v) is 11.8. The normalized spacial score (nSPS) is 36.7. The fraction of sp³-hybridized carbons (Fsp3) is 0.652. The number of rotatable bonds is 4. The Hall–Kier alpha value is -1.69. The average molecular weight is 414 g/mol. The van der Waals surface area contributed by atoms with Crippen LogP contribution in [0.15, 0.2) is 29.3 Å². The molecule has 1 aromatic rings. The molecule has 4 aliphatic carbocycles. The van der Waals surface area contributed by atoms with Gasteiger partial charge >= 0.3 is 0 Å². The Morgan fingerprint density at radius 1 is 1.14 bits per heavy atom. The molecule has 0 spiro atoms. The maximum Gasteiger partial charge on any atom is 0.225 e. The molecule has 4 bridgehead atoms. The quantitative estimate of drug-likeness (QED) is 0.735. The van der Waals surface area contributed by atoms with Crippen LogP contribution in [0.2, 0.25) is 0 Å². The van der Waals surface area contributed by atoms with Crippen LogP contribution >= 0.6 is 11.8 Å². The van der Waals surface area contributed by atoms with Crippen molar-refractivity contribution in [1.82, 2.24) is 4.90 Å². The summed E-state index contributed by atoms with van der Waals surface area (Å²) in [6.07, 6.45) is 8.13. The predicted octanol–water partition coefficient (Wildman–Crippen LogP) is 4.38. The molecule has 5 aliphatic rings. The summed E-state index contributed by atoms with van der Waals surface area (Å²) >= 11 is 1.81. The highest BCUT2D eigenvalue weighted by Gasteiger charge is 2.51. The SMILES string of the molecule is COc1ccc(N(C(C)=O)C2CSC(=NC34CC5CC(CC(C5)C3)C4)N2C)cc1. The molecule has 1 atom stereocenters. The van der Waals surface area contributed by atoms with Crippen molar-refractivity contribution in [2.45, 2.75) is 57.2 Å². The Balaban J connectivity index is 1.39. The standard InChI is InChI=1S/C23H31N3O2S/c1-15(27)26(19-4-6-20(28-3)7-5-19)21-14-29-22(25(21)2)24-23-11-16-8-17(12-23)10-18(9-16)13-23/h4-7,16-18,21H,8-14H2,1-3H3. The van der Waals surface area contributed by atoms with Crippen LogP contribution in [-0.2, 0) is 4.79 Å². The van der Waals surface area contributed by atoms with Crippen molar-refractivity contribution in [3.63, 3.8) is 0 Å². The van der Waals surface area contributed by atoms with E-state index in [1.165, 1.54) is 38.5 Å². The molecule has 6 heteroatoms. The second-order valence-electron chi connectivity index (χ2n) is 9.53. The Morgan fingerprint density at radius 2 is 1.72 bits per heavy atom. The van der Waals surface area contributed by atoms with E-state index in [2.05, 4.69) is 11.9 Å². The monoisotopic (exact) mass is 413 g/mol. The van der Waals surface area contributed by atoms with E-state index in [0.29, 0.717) is 0 Å². The summed E-state index contributed by atoms with van der Waals surface area (Å²) in [6.45, 7) is 1.65. The minimum atomic E-state index is -0.00134. The summed E-state index contributed by atoms with van der Waals surface area (Å²) in [5.74, 6) is 4.40. The summed E-state index contributed by atoms with van der Waals surface area (Å²) in [5, 5.41) is 1.12. The molecule has 4 saturated carbocycles. The number of hydrogen-bond acceptors (Lipinski definition) is 4. The van der Waals surface area contributed by atoms with Gasteiger partial charge in [-0.25, -0.2) is 0 Å². The lowest BCUT2D eigenvalue weighted by atomic mass is 9.53. The van der Waals surface area contributed by atoms with Gasteiger partial charge in [0, 0.05) is 25.4 Å². The molecule has 0 N–H and O–H groups in total. The van der Waals surface area contributed by atoms with E-state index >= 15 is 0 Å². The average Bonchev–Trinajstić information content (AvgIpc) is 3.01. The van der Waals surface area contributed by atoms with Gasteiger partial charge in [-0.1, -0.05) is 11.8 Å². The van der Waals surface area contributed by atoms with Crippen molar-refractivity contribution < 1.29 is 9.53 Å². The molecule has 0 radical (unpaired) electrons. The van der Waals surface area contributed by atoms with Gasteiger partial charge < -0.3 is 9.64 Å². The van der Waals surface area contributed by atoms with Crippen molar-refractivity contribution in [3.8, 4) is 5.75 Å². The van der Waals surface area contributed by atoms with Crippen LogP contribution in [0.5, 0.6) is 5.75 Å². The number of anilines is 1. The van der Waals surface area contributed by atoms with Crippen LogP contribution in [0.4, 0.5) is 5.69 Å². The van der Waals surface area contributed by atoms with E-state index in [1.54, 1.807) is 14.0 Å². The van der Waals surface area contributed by atoms with Gasteiger partial charge in [0.2, 0.25) is 5.91 Å². The zero-order valence-corrected chi connectivity index (χ0v) is 18.5. The number of methoxy groups -OCH3 is 1. The van der Waals surface area contributed by atoms with Crippen molar-refractivity contribution in [3.05, 3.63) is 24.3 Å². The molecule has 1 aliphatic heterocycles. The van der Waals surface area contributed by atoms with E-state index in [4.69, 9.17) is 9.73 Å². The minimum absolute atomic E-state index is 0.00134. The molecule has 156 valence electrons. The molecular weight excluding hydrogens is 382 g/mol. The molecule has 1 heterocycles. The minimum Gasteiger partial charge on any atom is -0.497 e. The van der Waals surface area contributed by atoms with Gasteiger partial charge in [-0.3, -0.25) is 14.7 Å². The number of benzene rings is 1. The molecule has 1 amide bonds. The van der Waals surface area contributed by atoms with E-state index in [0.717, 1.165) is 40.1 Å². The summed E-state index contributed by atoms with van der Waals surface area (Å²) in [6, 6.07) is 7.76. The zero-order valence-electron chi connectivity index (χ0n) is 17.6. The summed E-state index contributed by atoms with van der Waals surface area (Å²) < 4.78 is 5.27. The van der Waals surface area contributed by atoms with Gasteiger partial charge in [0.25, 0.3) is 0 Å². The van der Waals surface area contributed by atoms with Crippen LogP contribution in [0.1, 0.15) is 45.4 Å². The highest BCUT2D eigenvalue weighted by molar-refractivity contribution is 8.14. The lowest BCUT2D eigenvalue weighted by molar-refractivity contribution is -0.117. The lowest BCUT2D eigenvalue weighted by Crippen LogP contribution is -2.51. The molecule has 29 heavy (non-hydrogen) atoms. The number of ether oxygens (including phenoxy) is 1. The molecular formula is C23H31N3O2S. The summed E-state index contributed by atoms with van der Waals surface area (Å²) in [7, 11) is 3.76. The van der Waals surface area contributed by atoms with Crippen LogP contribution in [0, 0.1) is 17.8 Å². The van der Waals surface area contributed by atoms with Crippen molar-refractivity contribution in [2.24, 2.45) is 22.7 Å².